The second kappa shape index (κ2) is 9.86. The fourth-order valence-electron chi connectivity index (χ4n) is 3.15. The number of rotatable bonds is 7. The second-order valence-corrected chi connectivity index (χ2v) is 9.36. The van der Waals surface area contributed by atoms with E-state index in [-0.39, 0.29) is 18.4 Å². The van der Waals surface area contributed by atoms with Crippen molar-refractivity contribution in [3.63, 3.8) is 0 Å². The number of likely N-dealkylation sites (N-methyl/N-ethyl adjacent to an activating group) is 2. The van der Waals surface area contributed by atoms with Crippen LogP contribution in [-0.4, -0.2) is 48.0 Å². The molecule has 162 valence electrons. The Morgan fingerprint density at radius 2 is 1.76 bits per heavy atom. The number of hydrogen-bond acceptors (Lipinski definition) is 3. The Morgan fingerprint density at radius 1 is 1.17 bits per heavy atom. The highest BCUT2D eigenvalue weighted by molar-refractivity contribution is 6.42. The zero-order chi connectivity index (χ0) is 22.6. The minimum Gasteiger partial charge on any atom is -0.444 e. The molecule has 0 spiro atoms. The summed E-state index contributed by atoms with van der Waals surface area (Å²) in [6.07, 6.45) is 1.60. The topological polar surface area (TPSA) is 49.9 Å². The molecule has 0 aliphatic carbocycles. The highest BCUT2D eigenvalue weighted by Crippen LogP contribution is 2.37. The summed E-state index contributed by atoms with van der Waals surface area (Å²) in [6, 6.07) is 5.22. The first-order valence-corrected chi connectivity index (χ1v) is 10.3. The van der Waals surface area contributed by atoms with Gasteiger partial charge in [0.2, 0.25) is 5.91 Å². The third kappa shape index (κ3) is 6.38. The number of amides is 2. The van der Waals surface area contributed by atoms with Gasteiger partial charge in [0.15, 0.2) is 0 Å². The molecular weight excluding hydrogens is 411 g/mol. The summed E-state index contributed by atoms with van der Waals surface area (Å²) in [5.41, 5.74) is -0.858. The molecular formula is C22H32Cl2N2O3. The molecule has 0 aliphatic heterocycles. The summed E-state index contributed by atoms with van der Waals surface area (Å²) in [4.78, 5) is 28.8. The van der Waals surface area contributed by atoms with E-state index in [1.165, 1.54) is 4.90 Å². The van der Waals surface area contributed by atoms with Crippen LogP contribution in [0.15, 0.2) is 30.9 Å². The van der Waals surface area contributed by atoms with Gasteiger partial charge in [-0.2, -0.15) is 0 Å². The summed E-state index contributed by atoms with van der Waals surface area (Å²) in [7, 11) is 3.38. The average Bonchev–Trinajstić information content (AvgIpc) is 2.60. The summed E-state index contributed by atoms with van der Waals surface area (Å²) in [5.74, 6) is -0.210. The Hall–Kier alpha value is -1.72. The smallest absolute Gasteiger partial charge is 0.410 e. The van der Waals surface area contributed by atoms with Crippen LogP contribution >= 0.6 is 23.2 Å². The van der Waals surface area contributed by atoms with Gasteiger partial charge in [0, 0.05) is 26.6 Å². The van der Waals surface area contributed by atoms with Gasteiger partial charge in [0.05, 0.1) is 15.6 Å². The Bertz CT molecular complexity index is 759. The summed E-state index contributed by atoms with van der Waals surface area (Å²) in [6.45, 7) is 13.2. The van der Waals surface area contributed by atoms with Crippen LogP contribution in [0.4, 0.5) is 4.79 Å². The number of carbonyl (C=O) groups excluding carboxylic acids is 2. The highest BCUT2D eigenvalue weighted by atomic mass is 35.5. The molecule has 0 aliphatic rings. The summed E-state index contributed by atoms with van der Waals surface area (Å²) < 4.78 is 5.61. The molecule has 1 aromatic carbocycles. The minimum atomic E-state index is -0.933. The molecule has 0 saturated heterocycles. The molecule has 29 heavy (non-hydrogen) atoms. The van der Waals surface area contributed by atoms with E-state index in [0.29, 0.717) is 16.5 Å². The molecule has 1 rings (SSSR count). The predicted molar refractivity (Wildman–Crippen MR) is 119 cm³/mol. The van der Waals surface area contributed by atoms with Crippen molar-refractivity contribution >= 4 is 35.2 Å². The van der Waals surface area contributed by atoms with Gasteiger partial charge in [0.1, 0.15) is 5.60 Å². The van der Waals surface area contributed by atoms with Crippen LogP contribution in [0.2, 0.25) is 10.0 Å². The number of carbonyl (C=O) groups is 2. The van der Waals surface area contributed by atoms with Gasteiger partial charge in [-0.25, -0.2) is 4.79 Å². The van der Waals surface area contributed by atoms with Crippen molar-refractivity contribution in [1.29, 1.82) is 0 Å². The lowest BCUT2D eigenvalue weighted by Gasteiger charge is -2.44. The van der Waals surface area contributed by atoms with Gasteiger partial charge in [-0.1, -0.05) is 49.2 Å². The maximum absolute atomic E-state index is 13.0. The van der Waals surface area contributed by atoms with Crippen molar-refractivity contribution < 1.29 is 14.3 Å². The van der Waals surface area contributed by atoms with Crippen LogP contribution in [0.25, 0.3) is 0 Å². The Labute approximate surface area is 184 Å². The summed E-state index contributed by atoms with van der Waals surface area (Å²) >= 11 is 12.4. The van der Waals surface area contributed by atoms with Gasteiger partial charge in [-0.05, 0) is 44.9 Å². The van der Waals surface area contributed by atoms with E-state index in [0.717, 1.165) is 5.56 Å². The highest BCUT2D eigenvalue weighted by Gasteiger charge is 2.42. The largest absolute Gasteiger partial charge is 0.444 e. The van der Waals surface area contributed by atoms with Gasteiger partial charge in [0.25, 0.3) is 0 Å². The molecule has 1 aromatic rings. The zero-order valence-corrected chi connectivity index (χ0v) is 19.9. The van der Waals surface area contributed by atoms with Gasteiger partial charge >= 0.3 is 6.09 Å². The Kier molecular flexibility index (Phi) is 8.60. The first-order chi connectivity index (χ1) is 13.2. The lowest BCUT2D eigenvalue weighted by molar-refractivity contribution is -0.135. The first kappa shape index (κ1) is 25.3. The van der Waals surface area contributed by atoms with Crippen LogP contribution in [0, 0.1) is 5.92 Å². The third-order valence-electron chi connectivity index (χ3n) is 4.62. The quantitative estimate of drug-likeness (QED) is 0.505. The molecule has 0 N–H and O–H groups in total. The van der Waals surface area contributed by atoms with Crippen LogP contribution < -0.4 is 0 Å². The van der Waals surface area contributed by atoms with E-state index in [9.17, 15) is 9.59 Å². The Morgan fingerprint density at radius 3 is 2.21 bits per heavy atom. The molecule has 7 heteroatoms. The monoisotopic (exact) mass is 442 g/mol. The molecule has 0 saturated carbocycles. The van der Waals surface area contributed by atoms with Crippen molar-refractivity contribution in [2.45, 2.75) is 52.2 Å². The van der Waals surface area contributed by atoms with E-state index < -0.39 is 17.2 Å². The average molecular weight is 443 g/mol. The normalized spacial score (nSPS) is 13.6. The van der Waals surface area contributed by atoms with Gasteiger partial charge < -0.3 is 9.64 Å². The van der Waals surface area contributed by atoms with Crippen LogP contribution in [0.3, 0.4) is 0 Å². The first-order valence-electron chi connectivity index (χ1n) is 9.53. The molecule has 0 radical (unpaired) electrons. The van der Waals surface area contributed by atoms with Crippen molar-refractivity contribution in [1.82, 2.24) is 9.80 Å². The fraction of sp³-hybridized carbons (Fsp3) is 0.545. The molecule has 5 nitrogen and oxygen atoms in total. The molecule has 0 heterocycles. The molecule has 1 atom stereocenters. The lowest BCUT2D eigenvalue weighted by Crippen LogP contribution is -2.55. The standard InChI is InChI=1S/C22H32Cl2N2O3/c1-9-12-22(14-25(7)19(27)15(2)3,16-10-11-17(23)18(24)13-16)26(8)20(28)29-21(4,5)6/h9-11,13,15H,1,12,14H2,2-8H3/t22-/m1/s1. The summed E-state index contributed by atoms with van der Waals surface area (Å²) in [5, 5.41) is 0.780. The van der Waals surface area contributed by atoms with Crippen LogP contribution in [0.5, 0.6) is 0 Å². The van der Waals surface area contributed by atoms with Crippen molar-refractivity contribution in [3.05, 3.63) is 46.5 Å². The molecule has 0 unspecified atom stereocenters. The number of halogens is 2. The number of nitrogens with zero attached hydrogens (tertiary/aromatic N) is 2. The molecule has 0 bridgehead atoms. The van der Waals surface area contributed by atoms with Crippen molar-refractivity contribution in [2.75, 3.05) is 20.6 Å². The van der Waals surface area contributed by atoms with Gasteiger partial charge in [-0.3, -0.25) is 9.69 Å². The number of benzene rings is 1. The van der Waals surface area contributed by atoms with E-state index in [1.807, 2.05) is 40.7 Å². The SMILES string of the molecule is C=CC[C@@](CN(C)C(=O)C(C)C)(c1ccc(Cl)c(Cl)c1)N(C)C(=O)OC(C)(C)C. The predicted octanol–water partition coefficient (Wildman–Crippen LogP) is 5.75. The van der Waals surface area contributed by atoms with Crippen molar-refractivity contribution in [3.8, 4) is 0 Å². The lowest BCUT2D eigenvalue weighted by atomic mass is 9.84. The van der Waals surface area contributed by atoms with Gasteiger partial charge in [-0.15, -0.1) is 6.58 Å². The van der Waals surface area contributed by atoms with Crippen molar-refractivity contribution in [2.24, 2.45) is 5.92 Å². The molecule has 0 fully saturated rings. The maximum Gasteiger partial charge on any atom is 0.410 e. The minimum absolute atomic E-state index is 0.0314. The maximum atomic E-state index is 13.0. The van der Waals surface area contributed by atoms with E-state index in [2.05, 4.69) is 6.58 Å². The third-order valence-corrected chi connectivity index (χ3v) is 5.36. The molecule has 0 aromatic heterocycles. The second-order valence-electron chi connectivity index (χ2n) is 8.54. The number of ether oxygens (including phenoxy) is 1. The number of hydrogen-bond donors (Lipinski definition) is 0. The van der Waals surface area contributed by atoms with Crippen LogP contribution in [0.1, 0.15) is 46.6 Å². The zero-order valence-electron chi connectivity index (χ0n) is 18.4. The van der Waals surface area contributed by atoms with E-state index in [1.54, 1.807) is 37.2 Å². The molecule has 2 amide bonds. The fourth-order valence-corrected chi connectivity index (χ4v) is 3.45. The van der Waals surface area contributed by atoms with E-state index >= 15 is 0 Å². The van der Waals surface area contributed by atoms with Crippen LogP contribution in [-0.2, 0) is 15.1 Å². The Balaban J connectivity index is 3.57. The van der Waals surface area contributed by atoms with E-state index in [4.69, 9.17) is 27.9 Å².